The van der Waals surface area contributed by atoms with E-state index in [1.54, 1.807) is 0 Å². The van der Waals surface area contributed by atoms with E-state index >= 15 is 0 Å². The minimum absolute atomic E-state index is 0.315. The Morgan fingerprint density at radius 2 is 1.82 bits per heavy atom. The SMILES string of the molecule is CCCC[C@@H](CC)C[C@@H](O)c1ccc(Br)cc1. The number of hydrogen-bond donors (Lipinski definition) is 1. The number of aliphatic hydroxyl groups excluding tert-OH is 1. The smallest absolute Gasteiger partial charge is 0.0792 e. The van der Waals surface area contributed by atoms with Crippen LogP contribution in [0.5, 0.6) is 0 Å². The van der Waals surface area contributed by atoms with Crippen molar-refractivity contribution in [3.05, 3.63) is 34.3 Å². The molecule has 0 aliphatic carbocycles. The van der Waals surface area contributed by atoms with E-state index in [2.05, 4.69) is 29.8 Å². The lowest BCUT2D eigenvalue weighted by Crippen LogP contribution is -2.07. The second kappa shape index (κ2) is 7.88. The second-order valence-corrected chi connectivity index (χ2v) is 5.64. The van der Waals surface area contributed by atoms with E-state index in [4.69, 9.17) is 0 Å². The van der Waals surface area contributed by atoms with Gasteiger partial charge in [-0.3, -0.25) is 0 Å². The fourth-order valence-electron chi connectivity index (χ4n) is 2.12. The van der Waals surface area contributed by atoms with Crippen LogP contribution in [0.2, 0.25) is 0 Å². The Labute approximate surface area is 113 Å². The predicted octanol–water partition coefficient (Wildman–Crippen LogP) is 5.09. The third-order valence-electron chi connectivity index (χ3n) is 3.35. The summed E-state index contributed by atoms with van der Waals surface area (Å²) in [5.74, 6) is 0.647. The molecule has 17 heavy (non-hydrogen) atoms. The molecule has 0 heterocycles. The normalized spacial score (nSPS) is 14.6. The van der Waals surface area contributed by atoms with Crippen molar-refractivity contribution in [3.63, 3.8) is 0 Å². The van der Waals surface area contributed by atoms with Crippen molar-refractivity contribution in [2.24, 2.45) is 5.92 Å². The van der Waals surface area contributed by atoms with Crippen LogP contribution in [-0.2, 0) is 0 Å². The highest BCUT2D eigenvalue weighted by atomic mass is 79.9. The minimum atomic E-state index is -0.315. The second-order valence-electron chi connectivity index (χ2n) is 4.72. The molecule has 1 aromatic carbocycles. The van der Waals surface area contributed by atoms with E-state index in [9.17, 15) is 5.11 Å². The van der Waals surface area contributed by atoms with Crippen molar-refractivity contribution < 1.29 is 5.11 Å². The first kappa shape index (κ1) is 14.7. The summed E-state index contributed by atoms with van der Waals surface area (Å²) in [5.41, 5.74) is 1.03. The molecule has 0 bridgehead atoms. The predicted molar refractivity (Wildman–Crippen MR) is 77.0 cm³/mol. The third-order valence-corrected chi connectivity index (χ3v) is 3.88. The Morgan fingerprint density at radius 1 is 1.18 bits per heavy atom. The molecule has 0 unspecified atom stereocenters. The first-order valence-electron chi connectivity index (χ1n) is 6.60. The van der Waals surface area contributed by atoms with E-state index in [0.29, 0.717) is 5.92 Å². The van der Waals surface area contributed by atoms with Crippen molar-refractivity contribution >= 4 is 15.9 Å². The Balaban J connectivity index is 2.51. The van der Waals surface area contributed by atoms with Crippen LogP contribution in [0.4, 0.5) is 0 Å². The molecule has 0 amide bonds. The molecule has 0 saturated carbocycles. The maximum absolute atomic E-state index is 10.2. The highest BCUT2D eigenvalue weighted by molar-refractivity contribution is 9.10. The lowest BCUT2D eigenvalue weighted by Gasteiger charge is -2.19. The topological polar surface area (TPSA) is 20.2 Å². The molecular formula is C15H23BrO. The molecule has 1 N–H and O–H groups in total. The summed E-state index contributed by atoms with van der Waals surface area (Å²) in [6, 6.07) is 7.99. The summed E-state index contributed by atoms with van der Waals surface area (Å²) >= 11 is 3.41. The Kier molecular flexibility index (Phi) is 6.83. The molecule has 0 fully saturated rings. The van der Waals surface area contributed by atoms with Gasteiger partial charge in [0, 0.05) is 4.47 Å². The average Bonchev–Trinajstić information content (AvgIpc) is 2.35. The average molecular weight is 299 g/mol. The van der Waals surface area contributed by atoms with Gasteiger partial charge >= 0.3 is 0 Å². The van der Waals surface area contributed by atoms with E-state index in [1.165, 1.54) is 19.3 Å². The van der Waals surface area contributed by atoms with Crippen LogP contribution in [0.3, 0.4) is 0 Å². The van der Waals surface area contributed by atoms with Gasteiger partial charge in [0.1, 0.15) is 0 Å². The Bertz CT molecular complexity index is 307. The number of halogens is 1. The van der Waals surface area contributed by atoms with Gasteiger partial charge in [-0.1, -0.05) is 67.6 Å². The van der Waals surface area contributed by atoms with Gasteiger partial charge in [0.2, 0.25) is 0 Å². The van der Waals surface area contributed by atoms with Crippen molar-refractivity contribution in [2.45, 2.75) is 52.1 Å². The van der Waals surface area contributed by atoms with Gasteiger partial charge in [0.15, 0.2) is 0 Å². The highest BCUT2D eigenvalue weighted by Gasteiger charge is 2.14. The Morgan fingerprint density at radius 3 is 2.35 bits per heavy atom. The summed E-state index contributed by atoms with van der Waals surface area (Å²) in [6.45, 7) is 4.44. The molecule has 0 aromatic heterocycles. The van der Waals surface area contributed by atoms with Crippen LogP contribution < -0.4 is 0 Å². The first-order chi connectivity index (χ1) is 8.17. The molecule has 1 aromatic rings. The summed E-state index contributed by atoms with van der Waals surface area (Å²) in [5, 5.41) is 10.2. The molecule has 1 nitrogen and oxygen atoms in total. The minimum Gasteiger partial charge on any atom is -0.388 e. The molecule has 2 atom stereocenters. The van der Waals surface area contributed by atoms with Crippen LogP contribution in [0.15, 0.2) is 28.7 Å². The highest BCUT2D eigenvalue weighted by Crippen LogP contribution is 2.27. The van der Waals surface area contributed by atoms with Crippen LogP contribution in [0, 0.1) is 5.92 Å². The van der Waals surface area contributed by atoms with Crippen LogP contribution in [0.1, 0.15) is 57.6 Å². The van der Waals surface area contributed by atoms with Crippen molar-refractivity contribution in [1.29, 1.82) is 0 Å². The zero-order chi connectivity index (χ0) is 12.7. The summed E-state index contributed by atoms with van der Waals surface area (Å²) in [7, 11) is 0. The van der Waals surface area contributed by atoms with E-state index < -0.39 is 0 Å². The van der Waals surface area contributed by atoms with Gasteiger partial charge < -0.3 is 5.11 Å². The fraction of sp³-hybridized carbons (Fsp3) is 0.600. The van der Waals surface area contributed by atoms with Gasteiger partial charge in [-0.05, 0) is 30.0 Å². The molecule has 0 saturated heterocycles. The summed E-state index contributed by atoms with van der Waals surface area (Å²) < 4.78 is 1.06. The number of unbranched alkanes of at least 4 members (excludes halogenated alkanes) is 1. The van der Waals surface area contributed by atoms with Gasteiger partial charge in [-0.25, -0.2) is 0 Å². The maximum atomic E-state index is 10.2. The Hall–Kier alpha value is -0.340. The van der Waals surface area contributed by atoms with Crippen molar-refractivity contribution in [1.82, 2.24) is 0 Å². The van der Waals surface area contributed by atoms with E-state index in [0.717, 1.165) is 22.9 Å². The fourth-order valence-corrected chi connectivity index (χ4v) is 2.38. The number of hydrogen-bond acceptors (Lipinski definition) is 1. The van der Waals surface area contributed by atoms with Gasteiger partial charge in [0.25, 0.3) is 0 Å². The number of benzene rings is 1. The lowest BCUT2D eigenvalue weighted by molar-refractivity contribution is 0.139. The molecule has 0 spiro atoms. The largest absolute Gasteiger partial charge is 0.388 e. The van der Waals surface area contributed by atoms with Crippen molar-refractivity contribution in [3.8, 4) is 0 Å². The van der Waals surface area contributed by atoms with Gasteiger partial charge in [-0.15, -0.1) is 0 Å². The van der Waals surface area contributed by atoms with Crippen LogP contribution >= 0.6 is 15.9 Å². The zero-order valence-corrected chi connectivity index (χ0v) is 12.4. The van der Waals surface area contributed by atoms with Crippen molar-refractivity contribution in [2.75, 3.05) is 0 Å². The molecule has 2 heteroatoms. The molecule has 0 aliphatic rings. The molecule has 0 aliphatic heterocycles. The van der Waals surface area contributed by atoms with Crippen LogP contribution in [-0.4, -0.2) is 5.11 Å². The molecular weight excluding hydrogens is 276 g/mol. The molecule has 96 valence electrons. The molecule has 1 rings (SSSR count). The molecule has 0 radical (unpaired) electrons. The summed E-state index contributed by atoms with van der Waals surface area (Å²) in [6.07, 6.45) is 5.48. The monoisotopic (exact) mass is 298 g/mol. The number of rotatable bonds is 7. The lowest BCUT2D eigenvalue weighted by atomic mass is 9.91. The summed E-state index contributed by atoms with van der Waals surface area (Å²) in [4.78, 5) is 0. The van der Waals surface area contributed by atoms with E-state index in [1.807, 2.05) is 24.3 Å². The van der Waals surface area contributed by atoms with Gasteiger partial charge in [0.05, 0.1) is 6.10 Å². The maximum Gasteiger partial charge on any atom is 0.0792 e. The van der Waals surface area contributed by atoms with Crippen LogP contribution in [0.25, 0.3) is 0 Å². The van der Waals surface area contributed by atoms with E-state index in [-0.39, 0.29) is 6.10 Å². The first-order valence-corrected chi connectivity index (χ1v) is 7.40. The third kappa shape index (κ3) is 5.22. The standard InChI is InChI=1S/C15H23BrO/c1-3-5-6-12(4-2)11-15(17)13-7-9-14(16)10-8-13/h7-10,12,15,17H,3-6,11H2,1-2H3/t12-,15-/m1/s1. The quantitative estimate of drug-likeness (QED) is 0.743. The zero-order valence-electron chi connectivity index (χ0n) is 10.8. The van der Waals surface area contributed by atoms with Gasteiger partial charge in [-0.2, -0.15) is 0 Å². The number of aliphatic hydroxyl groups is 1.